The quantitative estimate of drug-likeness (QED) is 0.149. The van der Waals surface area contributed by atoms with E-state index in [0.29, 0.717) is 29.4 Å². The highest BCUT2D eigenvalue weighted by atomic mass is 16.7. The Morgan fingerprint density at radius 2 is 1.58 bits per heavy atom. The first kappa shape index (κ1) is 26.0. The second-order valence-corrected chi connectivity index (χ2v) is 7.52. The molecule has 0 aliphatic heterocycles. The molecule has 0 aliphatic rings. The molecule has 0 N–H and O–H groups in total. The number of carbonyl (C=O) groups excluding carboxylic acids is 3. The van der Waals surface area contributed by atoms with E-state index in [0.717, 1.165) is 22.4 Å². The summed E-state index contributed by atoms with van der Waals surface area (Å²) in [5.74, 6) is 0.342. The fourth-order valence-electron chi connectivity index (χ4n) is 3.20. The maximum absolute atomic E-state index is 12.4. The number of hydrogen-bond acceptors (Lipinski definition) is 8. The lowest BCUT2D eigenvalue weighted by Gasteiger charge is -2.12. The topological polar surface area (TPSA) is 97.4 Å². The van der Waals surface area contributed by atoms with Crippen LogP contribution in [0.25, 0.3) is 10.8 Å². The Hall–Kier alpha value is -4.59. The van der Waals surface area contributed by atoms with E-state index in [4.69, 9.17) is 23.7 Å². The molecule has 0 aliphatic carbocycles. The van der Waals surface area contributed by atoms with Gasteiger partial charge in [0.15, 0.2) is 23.9 Å². The van der Waals surface area contributed by atoms with Gasteiger partial charge < -0.3 is 23.7 Å². The molecular formula is C28H26O8. The Morgan fingerprint density at radius 3 is 2.33 bits per heavy atom. The standard InChI is InChI=1S/C28H26O8/c1-4-22(29)17-33-23-10-9-20-14-19(6-8-21(20)15-23)7-13-28(31)36-24-11-12-25(26(16-24)32-3)34-18-35-27(30)5-2/h4-6,8-12,14-16H,1-2,7,13,17-18H2,3H3. The molecule has 0 heterocycles. The van der Waals surface area contributed by atoms with Crippen molar-refractivity contribution < 1.29 is 38.1 Å². The summed E-state index contributed by atoms with van der Waals surface area (Å²) in [4.78, 5) is 34.8. The Labute approximate surface area is 208 Å². The number of aryl methyl sites for hydroxylation is 1. The first-order chi connectivity index (χ1) is 17.4. The van der Waals surface area contributed by atoms with Gasteiger partial charge in [0.1, 0.15) is 11.5 Å². The van der Waals surface area contributed by atoms with Crippen LogP contribution in [-0.2, 0) is 25.5 Å². The van der Waals surface area contributed by atoms with Gasteiger partial charge in [-0.1, -0.05) is 37.4 Å². The first-order valence-corrected chi connectivity index (χ1v) is 11.0. The highest BCUT2D eigenvalue weighted by Crippen LogP contribution is 2.31. The highest BCUT2D eigenvalue weighted by molar-refractivity contribution is 5.90. The predicted octanol–water partition coefficient (Wildman–Crippen LogP) is 4.59. The number of fused-ring (bicyclic) bond motifs is 1. The van der Waals surface area contributed by atoms with Gasteiger partial charge in [-0.2, -0.15) is 0 Å². The summed E-state index contributed by atoms with van der Waals surface area (Å²) in [6.45, 7) is 6.36. The number of methoxy groups -OCH3 is 1. The summed E-state index contributed by atoms with van der Waals surface area (Å²) < 4.78 is 26.3. The summed E-state index contributed by atoms with van der Waals surface area (Å²) in [6.07, 6.45) is 2.93. The zero-order valence-electron chi connectivity index (χ0n) is 19.9. The number of ether oxygens (including phenoxy) is 5. The number of rotatable bonds is 13. The fraction of sp³-hybridized carbons (Fsp3) is 0.179. The van der Waals surface area contributed by atoms with Crippen molar-refractivity contribution in [2.75, 3.05) is 20.5 Å². The second kappa shape index (κ2) is 12.8. The summed E-state index contributed by atoms with van der Waals surface area (Å²) in [7, 11) is 1.44. The van der Waals surface area contributed by atoms with Crippen molar-refractivity contribution in [2.24, 2.45) is 0 Å². The number of benzene rings is 3. The molecule has 3 rings (SSSR count). The van der Waals surface area contributed by atoms with E-state index < -0.39 is 11.9 Å². The molecule has 0 unspecified atom stereocenters. The van der Waals surface area contributed by atoms with E-state index in [1.54, 1.807) is 18.2 Å². The molecule has 8 heteroatoms. The molecule has 0 spiro atoms. The molecule has 0 saturated heterocycles. The zero-order valence-corrected chi connectivity index (χ0v) is 19.9. The van der Waals surface area contributed by atoms with Gasteiger partial charge in [0.05, 0.1) is 7.11 Å². The van der Waals surface area contributed by atoms with E-state index in [2.05, 4.69) is 13.2 Å². The molecule has 0 aromatic heterocycles. The van der Waals surface area contributed by atoms with Crippen molar-refractivity contribution in [3.05, 3.63) is 85.5 Å². The molecule has 36 heavy (non-hydrogen) atoms. The molecule has 3 aromatic rings. The van der Waals surface area contributed by atoms with Crippen molar-refractivity contribution in [3.63, 3.8) is 0 Å². The van der Waals surface area contributed by atoms with Crippen LogP contribution in [0.1, 0.15) is 12.0 Å². The maximum Gasteiger partial charge on any atom is 0.333 e. The van der Waals surface area contributed by atoms with Gasteiger partial charge >= 0.3 is 11.9 Å². The average Bonchev–Trinajstić information content (AvgIpc) is 2.90. The van der Waals surface area contributed by atoms with Gasteiger partial charge in [-0.15, -0.1) is 0 Å². The Balaban J connectivity index is 1.55. The van der Waals surface area contributed by atoms with Crippen LogP contribution in [0, 0.1) is 0 Å². The SMILES string of the molecule is C=CC(=O)COc1ccc2cc(CCC(=O)Oc3ccc(OCOC(=O)C=C)c(OC)c3)ccc2c1. The zero-order chi connectivity index (χ0) is 25.9. The van der Waals surface area contributed by atoms with Crippen molar-refractivity contribution in [1.29, 1.82) is 0 Å². The minimum atomic E-state index is -0.610. The van der Waals surface area contributed by atoms with E-state index in [9.17, 15) is 14.4 Å². The summed E-state index contributed by atoms with van der Waals surface area (Å²) in [5.41, 5.74) is 0.977. The van der Waals surface area contributed by atoms with Gasteiger partial charge in [0, 0.05) is 18.6 Å². The molecule has 3 aromatic carbocycles. The molecule has 0 saturated carbocycles. The molecular weight excluding hydrogens is 464 g/mol. The summed E-state index contributed by atoms with van der Waals surface area (Å²) in [6, 6.07) is 16.0. The van der Waals surface area contributed by atoms with Crippen molar-refractivity contribution in [2.45, 2.75) is 12.8 Å². The number of hydrogen-bond donors (Lipinski definition) is 0. The van der Waals surface area contributed by atoms with E-state index >= 15 is 0 Å². The van der Waals surface area contributed by atoms with Gasteiger partial charge in [0.25, 0.3) is 0 Å². The van der Waals surface area contributed by atoms with Crippen molar-refractivity contribution in [3.8, 4) is 23.0 Å². The fourth-order valence-corrected chi connectivity index (χ4v) is 3.20. The van der Waals surface area contributed by atoms with E-state index in [-0.39, 0.29) is 25.6 Å². The van der Waals surface area contributed by atoms with Crippen molar-refractivity contribution in [1.82, 2.24) is 0 Å². The van der Waals surface area contributed by atoms with Gasteiger partial charge in [0.2, 0.25) is 6.79 Å². The molecule has 8 nitrogen and oxygen atoms in total. The first-order valence-electron chi connectivity index (χ1n) is 11.0. The van der Waals surface area contributed by atoms with Gasteiger partial charge in [-0.25, -0.2) is 4.79 Å². The smallest absolute Gasteiger partial charge is 0.333 e. The maximum atomic E-state index is 12.4. The van der Waals surface area contributed by atoms with E-state index in [1.807, 2.05) is 30.3 Å². The normalized spacial score (nSPS) is 10.2. The monoisotopic (exact) mass is 490 g/mol. The second-order valence-electron chi connectivity index (χ2n) is 7.52. The van der Waals surface area contributed by atoms with Crippen LogP contribution in [0.4, 0.5) is 0 Å². The Morgan fingerprint density at radius 1 is 0.833 bits per heavy atom. The van der Waals surface area contributed by atoms with Crippen LogP contribution in [0.15, 0.2) is 79.9 Å². The molecule has 0 atom stereocenters. The summed E-state index contributed by atoms with van der Waals surface area (Å²) >= 11 is 0. The molecule has 0 amide bonds. The molecule has 0 fully saturated rings. The minimum absolute atomic E-state index is 0.0536. The van der Waals surface area contributed by atoms with Gasteiger partial charge in [-0.05, 0) is 53.1 Å². The Kier molecular flexibility index (Phi) is 9.22. The van der Waals surface area contributed by atoms with Crippen LogP contribution in [-0.4, -0.2) is 38.2 Å². The molecule has 0 bridgehead atoms. The van der Waals surface area contributed by atoms with Gasteiger partial charge in [-0.3, -0.25) is 9.59 Å². The third-order valence-electron chi connectivity index (χ3n) is 5.05. The summed E-state index contributed by atoms with van der Waals surface area (Å²) in [5, 5.41) is 1.95. The van der Waals surface area contributed by atoms with Crippen LogP contribution in [0.3, 0.4) is 0 Å². The largest absolute Gasteiger partial charge is 0.493 e. The lowest BCUT2D eigenvalue weighted by Crippen LogP contribution is -2.10. The van der Waals surface area contributed by atoms with Crippen LogP contribution < -0.4 is 18.9 Å². The third kappa shape index (κ3) is 7.46. The highest BCUT2D eigenvalue weighted by Gasteiger charge is 2.11. The molecule has 0 radical (unpaired) electrons. The third-order valence-corrected chi connectivity index (χ3v) is 5.05. The van der Waals surface area contributed by atoms with E-state index in [1.165, 1.54) is 19.3 Å². The van der Waals surface area contributed by atoms with Crippen LogP contribution >= 0.6 is 0 Å². The van der Waals surface area contributed by atoms with Crippen LogP contribution in [0.5, 0.6) is 23.0 Å². The molecule has 186 valence electrons. The minimum Gasteiger partial charge on any atom is -0.493 e. The lowest BCUT2D eigenvalue weighted by atomic mass is 10.0. The average molecular weight is 491 g/mol. The Bertz CT molecular complexity index is 1280. The lowest BCUT2D eigenvalue weighted by molar-refractivity contribution is -0.144. The number of carbonyl (C=O) groups is 3. The van der Waals surface area contributed by atoms with Crippen LogP contribution in [0.2, 0.25) is 0 Å². The number of ketones is 1. The number of esters is 2. The van der Waals surface area contributed by atoms with Crippen molar-refractivity contribution >= 4 is 28.5 Å². The predicted molar refractivity (Wildman–Crippen MR) is 133 cm³/mol.